The van der Waals surface area contributed by atoms with Crippen LogP contribution in [0.2, 0.25) is 0 Å². The molecule has 4 rings (SSSR count). The first kappa shape index (κ1) is 16.3. The van der Waals surface area contributed by atoms with Crippen LogP contribution >= 0.6 is 0 Å². The number of aryl methyl sites for hydroxylation is 2. The van der Waals surface area contributed by atoms with Crippen LogP contribution in [0.1, 0.15) is 49.4 Å². The Kier molecular flexibility index (Phi) is 4.09. The number of carbonyl (C=O) groups excluding carboxylic acids is 1. The molecule has 7 heteroatoms. The number of aromatic nitrogens is 5. The number of nitrogens with zero attached hydrogens (tertiary/aromatic N) is 6. The molecule has 0 N–H and O–H groups in total. The molecule has 25 heavy (non-hydrogen) atoms. The van der Waals surface area contributed by atoms with Gasteiger partial charge in [-0.1, -0.05) is 19.3 Å². The molecule has 7 nitrogen and oxygen atoms in total. The summed E-state index contributed by atoms with van der Waals surface area (Å²) in [6.07, 6.45) is 11.6. The van der Waals surface area contributed by atoms with Gasteiger partial charge in [0.15, 0.2) is 0 Å². The normalized spacial score (nSPS) is 22.6. The second-order valence-electron chi connectivity index (χ2n) is 7.77. The van der Waals surface area contributed by atoms with Crippen molar-refractivity contribution in [3.05, 3.63) is 30.1 Å². The maximum atomic E-state index is 12.9. The summed E-state index contributed by atoms with van der Waals surface area (Å²) in [4.78, 5) is 14.9. The minimum atomic E-state index is 0.151. The topological polar surface area (TPSA) is 68.8 Å². The third kappa shape index (κ3) is 2.96. The molecule has 1 atom stereocenters. The molecular weight excluding hydrogens is 316 g/mol. The highest BCUT2D eigenvalue weighted by Crippen LogP contribution is 2.51. The van der Waals surface area contributed by atoms with Crippen LogP contribution in [0, 0.1) is 12.3 Å². The van der Waals surface area contributed by atoms with Crippen molar-refractivity contribution in [2.75, 3.05) is 13.1 Å². The second kappa shape index (κ2) is 6.28. The predicted molar refractivity (Wildman–Crippen MR) is 92.8 cm³/mol. The quantitative estimate of drug-likeness (QED) is 0.854. The van der Waals surface area contributed by atoms with Crippen LogP contribution in [0.3, 0.4) is 0 Å². The number of hydrogen-bond acceptors (Lipinski definition) is 4. The molecule has 0 aromatic carbocycles. The lowest BCUT2D eigenvalue weighted by atomic mass is 9.67. The molecule has 1 aliphatic heterocycles. The molecular formula is C18H26N6O. The number of amides is 1. The molecule has 134 valence electrons. The fourth-order valence-corrected chi connectivity index (χ4v) is 4.68. The van der Waals surface area contributed by atoms with Gasteiger partial charge in [-0.25, -0.2) is 0 Å². The maximum absolute atomic E-state index is 12.9. The Hall–Kier alpha value is -2.18. The van der Waals surface area contributed by atoms with E-state index in [1.165, 1.54) is 32.1 Å². The van der Waals surface area contributed by atoms with E-state index < -0.39 is 0 Å². The molecule has 2 aromatic rings. The van der Waals surface area contributed by atoms with Gasteiger partial charge in [-0.3, -0.25) is 9.48 Å². The Labute approximate surface area is 148 Å². The first-order valence-corrected chi connectivity index (χ1v) is 9.18. The summed E-state index contributed by atoms with van der Waals surface area (Å²) in [7, 11) is 2.00. The Bertz CT molecular complexity index is 757. The Morgan fingerprint density at radius 1 is 1.32 bits per heavy atom. The first-order chi connectivity index (χ1) is 12.1. The number of carbonyl (C=O) groups is 1. The summed E-state index contributed by atoms with van der Waals surface area (Å²) in [5.41, 5.74) is 1.24. The second-order valence-corrected chi connectivity index (χ2v) is 7.77. The smallest absolute Gasteiger partial charge is 0.244 e. The first-order valence-electron chi connectivity index (χ1n) is 9.18. The molecule has 1 unspecified atom stereocenters. The Morgan fingerprint density at radius 3 is 2.76 bits per heavy atom. The minimum Gasteiger partial charge on any atom is -0.340 e. The summed E-state index contributed by atoms with van der Waals surface area (Å²) >= 11 is 0. The van der Waals surface area contributed by atoms with Crippen LogP contribution in [0.25, 0.3) is 0 Å². The van der Waals surface area contributed by atoms with Crippen LogP contribution in [-0.4, -0.2) is 48.4 Å². The van der Waals surface area contributed by atoms with Crippen molar-refractivity contribution in [2.24, 2.45) is 12.5 Å². The lowest BCUT2D eigenvalue weighted by molar-refractivity contribution is -0.131. The monoisotopic (exact) mass is 342 g/mol. The van der Waals surface area contributed by atoms with Crippen molar-refractivity contribution in [3.8, 4) is 0 Å². The third-order valence-electron chi connectivity index (χ3n) is 5.97. The van der Waals surface area contributed by atoms with Crippen molar-refractivity contribution >= 4 is 5.91 Å². The van der Waals surface area contributed by atoms with Crippen LogP contribution in [0.5, 0.6) is 0 Å². The average molecular weight is 342 g/mol. The van der Waals surface area contributed by atoms with Crippen LogP contribution in [0.15, 0.2) is 18.7 Å². The molecule has 0 bridgehead atoms. The van der Waals surface area contributed by atoms with Gasteiger partial charge in [0.2, 0.25) is 5.91 Å². The fraction of sp³-hybridized carbons (Fsp3) is 0.667. The molecule has 1 amide bonds. The van der Waals surface area contributed by atoms with E-state index in [1.807, 2.05) is 29.6 Å². The summed E-state index contributed by atoms with van der Waals surface area (Å²) in [6, 6.07) is 0. The van der Waals surface area contributed by atoms with E-state index in [1.54, 1.807) is 17.2 Å². The van der Waals surface area contributed by atoms with Crippen molar-refractivity contribution in [3.63, 3.8) is 0 Å². The van der Waals surface area contributed by atoms with Gasteiger partial charge >= 0.3 is 0 Å². The van der Waals surface area contributed by atoms with Gasteiger partial charge in [-0.05, 0) is 30.7 Å². The van der Waals surface area contributed by atoms with E-state index in [-0.39, 0.29) is 17.2 Å². The highest BCUT2D eigenvalue weighted by atomic mass is 16.2. The predicted octanol–water partition coefficient (Wildman–Crippen LogP) is 1.90. The molecule has 1 spiro atoms. The molecule has 1 aliphatic carbocycles. The van der Waals surface area contributed by atoms with Gasteiger partial charge in [-0.15, -0.1) is 10.2 Å². The Balaban J connectivity index is 1.57. The third-order valence-corrected chi connectivity index (χ3v) is 5.97. The van der Waals surface area contributed by atoms with E-state index in [2.05, 4.69) is 15.3 Å². The Morgan fingerprint density at radius 2 is 2.12 bits per heavy atom. The van der Waals surface area contributed by atoms with E-state index in [0.717, 1.165) is 24.5 Å². The minimum absolute atomic E-state index is 0.151. The highest BCUT2D eigenvalue weighted by molar-refractivity contribution is 5.76. The lowest BCUT2D eigenvalue weighted by Gasteiger charge is -2.37. The maximum Gasteiger partial charge on any atom is 0.244 e. The summed E-state index contributed by atoms with van der Waals surface area (Å²) in [6.45, 7) is 3.88. The van der Waals surface area contributed by atoms with Gasteiger partial charge in [-0.2, -0.15) is 5.10 Å². The van der Waals surface area contributed by atoms with Crippen LogP contribution in [0.4, 0.5) is 0 Å². The van der Waals surface area contributed by atoms with Crippen molar-refractivity contribution in [1.29, 1.82) is 0 Å². The molecule has 2 fully saturated rings. The van der Waals surface area contributed by atoms with Crippen molar-refractivity contribution < 1.29 is 4.79 Å². The number of rotatable bonds is 3. The van der Waals surface area contributed by atoms with E-state index in [0.29, 0.717) is 6.54 Å². The number of hydrogen-bond donors (Lipinski definition) is 0. The van der Waals surface area contributed by atoms with Crippen molar-refractivity contribution in [2.45, 2.75) is 51.5 Å². The standard InChI is InChI=1S/C18H26N6O/c1-14-8-20-24(9-14)11-16(25)23-10-15(17-21-19-13-22(17)2)18(12-23)6-4-3-5-7-18/h8-9,13,15H,3-7,10-12H2,1-2H3. The zero-order chi connectivity index (χ0) is 17.4. The number of likely N-dealkylation sites (tertiary alicyclic amines) is 1. The highest BCUT2D eigenvalue weighted by Gasteiger charge is 2.50. The van der Waals surface area contributed by atoms with Gasteiger partial charge in [0.05, 0.1) is 6.20 Å². The SMILES string of the molecule is Cc1cnn(CC(=O)N2CC(c3nncn3C)C3(CCCCC3)C2)c1. The molecule has 1 saturated heterocycles. The zero-order valence-electron chi connectivity index (χ0n) is 15.1. The van der Waals surface area contributed by atoms with Crippen molar-refractivity contribution in [1.82, 2.24) is 29.4 Å². The van der Waals surface area contributed by atoms with Gasteiger partial charge in [0.25, 0.3) is 0 Å². The van der Waals surface area contributed by atoms with Crippen LogP contribution in [-0.2, 0) is 18.4 Å². The summed E-state index contributed by atoms with van der Waals surface area (Å²) in [5.74, 6) is 1.45. The van der Waals surface area contributed by atoms with E-state index in [4.69, 9.17) is 0 Å². The summed E-state index contributed by atoms with van der Waals surface area (Å²) in [5, 5.41) is 12.7. The van der Waals surface area contributed by atoms with Crippen LogP contribution < -0.4 is 0 Å². The molecule has 0 radical (unpaired) electrons. The molecule has 2 aromatic heterocycles. The van der Waals surface area contributed by atoms with Gasteiger partial charge in [0, 0.05) is 32.3 Å². The van der Waals surface area contributed by atoms with Gasteiger partial charge < -0.3 is 9.47 Å². The van der Waals surface area contributed by atoms with E-state index in [9.17, 15) is 4.79 Å². The van der Waals surface area contributed by atoms with E-state index >= 15 is 0 Å². The molecule has 2 aliphatic rings. The summed E-state index contributed by atoms with van der Waals surface area (Å²) < 4.78 is 3.76. The molecule has 3 heterocycles. The molecule has 1 saturated carbocycles. The zero-order valence-corrected chi connectivity index (χ0v) is 15.1. The van der Waals surface area contributed by atoms with Gasteiger partial charge in [0.1, 0.15) is 18.7 Å². The largest absolute Gasteiger partial charge is 0.340 e. The lowest BCUT2D eigenvalue weighted by Crippen LogP contribution is -2.36. The average Bonchev–Trinajstić information content (AvgIpc) is 3.28. The fourth-order valence-electron chi connectivity index (χ4n) is 4.68.